The summed E-state index contributed by atoms with van der Waals surface area (Å²) in [6, 6.07) is 9.60. The summed E-state index contributed by atoms with van der Waals surface area (Å²) in [7, 11) is 0. The number of aromatic nitrogens is 1. The van der Waals surface area contributed by atoms with Crippen LogP contribution in [-0.2, 0) is 11.3 Å². The van der Waals surface area contributed by atoms with Gasteiger partial charge in [0, 0.05) is 53.7 Å². The molecule has 136 valence electrons. The summed E-state index contributed by atoms with van der Waals surface area (Å²) in [6.07, 6.45) is 5.78. The molecule has 0 spiro atoms. The molecular weight excluding hydrogens is 354 g/mol. The van der Waals surface area contributed by atoms with E-state index in [9.17, 15) is 4.79 Å². The maximum Gasteiger partial charge on any atom is 0.232 e. The Morgan fingerprint density at radius 1 is 1.24 bits per heavy atom. The zero-order valence-electron chi connectivity index (χ0n) is 14.6. The van der Waals surface area contributed by atoms with Gasteiger partial charge in [-0.25, -0.2) is 0 Å². The maximum atomic E-state index is 12.7. The lowest BCUT2D eigenvalue weighted by atomic mass is 10.1. The van der Waals surface area contributed by atoms with Crippen LogP contribution in [0.3, 0.4) is 0 Å². The van der Waals surface area contributed by atoms with Crippen molar-refractivity contribution in [3.8, 4) is 0 Å². The third kappa shape index (κ3) is 3.83. The van der Waals surface area contributed by atoms with Crippen molar-refractivity contribution in [3.63, 3.8) is 0 Å². The highest BCUT2D eigenvalue weighted by atomic mass is 35.5. The molecule has 2 bridgehead atoms. The molecule has 2 saturated heterocycles. The minimum atomic E-state index is 0. The molecule has 2 atom stereocenters. The number of halogens is 1. The first-order chi connectivity index (χ1) is 11.7. The Balaban J connectivity index is 0.00000182. The topological polar surface area (TPSA) is 37.3 Å². The molecule has 6 heteroatoms. The van der Waals surface area contributed by atoms with E-state index in [1.54, 1.807) is 11.8 Å². The van der Waals surface area contributed by atoms with Gasteiger partial charge in [0.25, 0.3) is 0 Å². The van der Waals surface area contributed by atoms with Gasteiger partial charge in [0.15, 0.2) is 0 Å². The Hall–Kier alpha value is -1.17. The molecule has 1 N–H and O–H groups in total. The SMILES string of the molecule is CCn1cc(SCC(=O)N2CC[C@H]3CC[C@@H](C2)N3)c2ccccc21.Cl. The maximum absolute atomic E-state index is 12.7. The summed E-state index contributed by atoms with van der Waals surface area (Å²) in [5.74, 6) is 0.817. The molecule has 2 aliphatic heterocycles. The molecule has 0 aliphatic carbocycles. The summed E-state index contributed by atoms with van der Waals surface area (Å²) >= 11 is 1.68. The molecule has 2 aromatic rings. The molecule has 3 heterocycles. The number of para-hydroxylation sites is 1. The Bertz CT molecular complexity index is 747. The monoisotopic (exact) mass is 379 g/mol. The predicted molar refractivity (Wildman–Crippen MR) is 107 cm³/mol. The highest BCUT2D eigenvalue weighted by Gasteiger charge is 2.31. The van der Waals surface area contributed by atoms with Gasteiger partial charge in [0.2, 0.25) is 5.91 Å². The van der Waals surface area contributed by atoms with Crippen LogP contribution in [0.5, 0.6) is 0 Å². The Morgan fingerprint density at radius 3 is 2.88 bits per heavy atom. The average Bonchev–Trinajstić information content (AvgIpc) is 3.12. The molecule has 1 amide bonds. The van der Waals surface area contributed by atoms with Crippen LogP contribution in [0, 0.1) is 0 Å². The van der Waals surface area contributed by atoms with E-state index in [0.717, 1.165) is 26.1 Å². The van der Waals surface area contributed by atoms with E-state index in [1.807, 2.05) is 0 Å². The zero-order valence-corrected chi connectivity index (χ0v) is 16.2. The summed E-state index contributed by atoms with van der Waals surface area (Å²) in [4.78, 5) is 16.0. The molecule has 4 rings (SSSR count). The van der Waals surface area contributed by atoms with Gasteiger partial charge in [0.1, 0.15) is 0 Å². The van der Waals surface area contributed by atoms with Gasteiger partial charge in [-0.3, -0.25) is 4.79 Å². The molecule has 2 fully saturated rings. The number of hydrogen-bond donors (Lipinski definition) is 1. The van der Waals surface area contributed by atoms with E-state index < -0.39 is 0 Å². The number of thioether (sulfide) groups is 1. The lowest BCUT2D eigenvalue weighted by molar-refractivity contribution is -0.128. The second-order valence-corrected chi connectivity index (χ2v) is 7.87. The van der Waals surface area contributed by atoms with E-state index >= 15 is 0 Å². The predicted octanol–water partition coefficient (Wildman–Crippen LogP) is 3.53. The second kappa shape index (κ2) is 8.02. The van der Waals surface area contributed by atoms with Crippen LogP contribution in [0.25, 0.3) is 10.9 Å². The molecule has 2 aliphatic rings. The number of benzene rings is 1. The van der Waals surface area contributed by atoms with E-state index in [2.05, 4.69) is 52.2 Å². The van der Waals surface area contributed by atoms with E-state index in [0.29, 0.717) is 17.8 Å². The van der Waals surface area contributed by atoms with Crippen LogP contribution in [0.1, 0.15) is 26.2 Å². The molecule has 25 heavy (non-hydrogen) atoms. The number of likely N-dealkylation sites (tertiary alicyclic amines) is 1. The first kappa shape index (κ1) is 18.6. The number of nitrogens with zero attached hydrogens (tertiary/aromatic N) is 2. The summed E-state index contributed by atoms with van der Waals surface area (Å²) in [5, 5.41) is 4.90. The number of aryl methyl sites for hydroxylation is 1. The quantitative estimate of drug-likeness (QED) is 0.826. The number of amides is 1. The summed E-state index contributed by atoms with van der Waals surface area (Å²) in [5.41, 5.74) is 1.26. The molecule has 4 nitrogen and oxygen atoms in total. The first-order valence-corrected chi connectivity index (χ1v) is 9.97. The van der Waals surface area contributed by atoms with Crippen molar-refractivity contribution in [2.45, 2.75) is 49.7 Å². The third-order valence-corrected chi connectivity index (χ3v) is 6.35. The largest absolute Gasteiger partial charge is 0.347 e. The number of rotatable bonds is 4. The lowest BCUT2D eigenvalue weighted by Crippen LogP contribution is -2.39. The van der Waals surface area contributed by atoms with Gasteiger partial charge in [-0.05, 0) is 32.3 Å². The van der Waals surface area contributed by atoms with Gasteiger partial charge in [-0.2, -0.15) is 0 Å². The number of nitrogens with one attached hydrogen (secondary N) is 1. The normalized spacial score (nSPS) is 22.7. The first-order valence-electron chi connectivity index (χ1n) is 8.99. The Kier molecular flexibility index (Phi) is 5.97. The fourth-order valence-corrected chi connectivity index (χ4v) is 4.98. The lowest BCUT2D eigenvalue weighted by Gasteiger charge is -2.24. The van der Waals surface area contributed by atoms with Gasteiger partial charge in [-0.1, -0.05) is 18.2 Å². The second-order valence-electron chi connectivity index (χ2n) is 6.85. The average molecular weight is 380 g/mol. The van der Waals surface area contributed by atoms with Crippen LogP contribution in [0.15, 0.2) is 35.4 Å². The van der Waals surface area contributed by atoms with Crippen LogP contribution in [-0.4, -0.2) is 46.3 Å². The van der Waals surface area contributed by atoms with Crippen LogP contribution in [0.2, 0.25) is 0 Å². The molecule has 0 radical (unpaired) electrons. The van der Waals surface area contributed by atoms with E-state index in [1.165, 1.54) is 28.6 Å². The van der Waals surface area contributed by atoms with Crippen molar-refractivity contribution >= 4 is 41.0 Å². The summed E-state index contributed by atoms with van der Waals surface area (Å²) < 4.78 is 2.26. The number of carbonyl (C=O) groups excluding carboxylic acids is 1. The van der Waals surface area contributed by atoms with Crippen LogP contribution >= 0.6 is 24.2 Å². The molecule has 0 unspecified atom stereocenters. The molecule has 0 saturated carbocycles. The van der Waals surface area contributed by atoms with Crippen molar-refractivity contribution in [1.29, 1.82) is 0 Å². The fourth-order valence-electron chi connectivity index (χ4n) is 3.99. The van der Waals surface area contributed by atoms with Crippen molar-refractivity contribution < 1.29 is 4.79 Å². The fraction of sp³-hybridized carbons (Fsp3) is 0.526. The van der Waals surface area contributed by atoms with Crippen LogP contribution in [0.4, 0.5) is 0 Å². The standard InChI is InChI=1S/C19H25N3OS.ClH/c1-2-21-12-18(16-5-3-4-6-17(16)21)24-13-19(23)22-10-9-14-7-8-15(11-22)20-14;/h3-6,12,14-15,20H,2,7-11,13H2,1H3;1H/t14-,15+;/m1./s1. The van der Waals surface area contributed by atoms with Gasteiger partial charge < -0.3 is 14.8 Å². The Labute approximate surface area is 159 Å². The van der Waals surface area contributed by atoms with E-state index in [4.69, 9.17) is 0 Å². The number of carbonyl (C=O) groups is 1. The van der Waals surface area contributed by atoms with Crippen molar-refractivity contribution in [2.24, 2.45) is 0 Å². The number of hydrogen-bond acceptors (Lipinski definition) is 3. The smallest absolute Gasteiger partial charge is 0.232 e. The molecule has 1 aromatic heterocycles. The number of fused-ring (bicyclic) bond motifs is 3. The third-order valence-electron chi connectivity index (χ3n) is 5.32. The minimum absolute atomic E-state index is 0. The Morgan fingerprint density at radius 2 is 2.04 bits per heavy atom. The molecular formula is C19H26ClN3OS. The van der Waals surface area contributed by atoms with Gasteiger partial charge in [-0.15, -0.1) is 24.2 Å². The van der Waals surface area contributed by atoms with Crippen molar-refractivity contribution in [1.82, 2.24) is 14.8 Å². The summed E-state index contributed by atoms with van der Waals surface area (Å²) in [6.45, 7) is 4.90. The van der Waals surface area contributed by atoms with Gasteiger partial charge >= 0.3 is 0 Å². The highest BCUT2D eigenvalue weighted by molar-refractivity contribution is 8.00. The highest BCUT2D eigenvalue weighted by Crippen LogP contribution is 2.30. The van der Waals surface area contributed by atoms with Crippen molar-refractivity contribution in [3.05, 3.63) is 30.5 Å². The van der Waals surface area contributed by atoms with Gasteiger partial charge in [0.05, 0.1) is 5.75 Å². The van der Waals surface area contributed by atoms with Crippen molar-refractivity contribution in [2.75, 3.05) is 18.8 Å². The van der Waals surface area contributed by atoms with Crippen LogP contribution < -0.4 is 5.32 Å². The minimum Gasteiger partial charge on any atom is -0.347 e. The van der Waals surface area contributed by atoms with E-state index in [-0.39, 0.29) is 18.3 Å². The molecule has 1 aromatic carbocycles. The zero-order chi connectivity index (χ0) is 16.5.